The zero-order chi connectivity index (χ0) is 42.8. The number of rotatable bonds is 39. The number of ether oxygens (including phenoxy) is 2. The van der Waals surface area contributed by atoms with E-state index < -0.39 is 51.1 Å². The lowest BCUT2D eigenvalue weighted by atomic mass is 10.1. The quantitative estimate of drug-likeness (QED) is 0.0233. The van der Waals surface area contributed by atoms with Gasteiger partial charge in [0.2, 0.25) is 0 Å². The van der Waals surface area contributed by atoms with E-state index in [9.17, 15) is 23.8 Å². The van der Waals surface area contributed by atoms with Gasteiger partial charge in [0.25, 0.3) is 0 Å². The number of carbonyl (C=O) groups is 3. The summed E-state index contributed by atoms with van der Waals surface area (Å²) in [5.74, 6) is -2.46. The molecule has 0 bridgehead atoms. The lowest BCUT2D eigenvalue weighted by Crippen LogP contribution is -2.34. The standard InChI is InChI=1S/C46H76NO10P/c1-3-5-7-9-11-13-15-17-19-21-23-25-27-29-31-33-35-37-44(48)54-39-42(40-55-58(52,53)56-41-43(47)46(50)51)57-45(49)38-36-34-32-30-28-26-24-22-20-18-16-14-12-10-8-6-4-2/h7,9,12-15,18-21,24-27,42-43H,3-6,8,10-11,16-17,22-23,28-41,47H2,1-2H3,(H,50,51)(H,52,53)/b9-7+,14-12+,15-13+,20-18+,21-19+,26-24+,27-25+/t42-,43+/m1/s1. The minimum atomic E-state index is -4.74. The Morgan fingerprint density at radius 2 is 0.948 bits per heavy atom. The summed E-state index contributed by atoms with van der Waals surface area (Å²) in [6.45, 7) is 2.63. The van der Waals surface area contributed by atoms with Gasteiger partial charge in [0, 0.05) is 12.8 Å². The molecule has 0 aliphatic carbocycles. The molecular weight excluding hydrogens is 757 g/mol. The molecule has 0 aliphatic rings. The third-order valence-electron chi connectivity index (χ3n) is 8.60. The lowest BCUT2D eigenvalue weighted by molar-refractivity contribution is -0.161. The number of hydrogen-bond donors (Lipinski definition) is 3. The summed E-state index contributed by atoms with van der Waals surface area (Å²) >= 11 is 0. The number of hydrogen-bond acceptors (Lipinski definition) is 9. The summed E-state index contributed by atoms with van der Waals surface area (Å²) in [7, 11) is -4.74. The van der Waals surface area contributed by atoms with Gasteiger partial charge >= 0.3 is 25.7 Å². The summed E-state index contributed by atoms with van der Waals surface area (Å²) in [5, 5.41) is 8.89. The summed E-state index contributed by atoms with van der Waals surface area (Å²) < 4.78 is 32.6. The van der Waals surface area contributed by atoms with E-state index in [1.54, 1.807) is 0 Å². The molecule has 0 rings (SSSR count). The van der Waals surface area contributed by atoms with Crippen LogP contribution >= 0.6 is 7.82 Å². The molecule has 330 valence electrons. The number of esters is 2. The maximum Gasteiger partial charge on any atom is 0.472 e. The molecule has 4 N–H and O–H groups in total. The molecule has 0 radical (unpaired) electrons. The lowest BCUT2D eigenvalue weighted by Gasteiger charge is -2.20. The van der Waals surface area contributed by atoms with E-state index in [1.807, 2.05) is 0 Å². The van der Waals surface area contributed by atoms with Gasteiger partial charge in [-0.3, -0.25) is 23.4 Å². The molecule has 0 heterocycles. The van der Waals surface area contributed by atoms with Crippen LogP contribution in [-0.2, 0) is 37.5 Å². The topological polar surface area (TPSA) is 172 Å². The van der Waals surface area contributed by atoms with Crippen molar-refractivity contribution in [2.75, 3.05) is 19.8 Å². The normalized spacial score (nSPS) is 14.6. The van der Waals surface area contributed by atoms with Crippen LogP contribution in [0.15, 0.2) is 85.1 Å². The number of carboxylic acid groups (broad SMARTS) is 1. The Bertz CT molecular complexity index is 1300. The monoisotopic (exact) mass is 834 g/mol. The fraction of sp³-hybridized carbons (Fsp3) is 0.630. The summed E-state index contributed by atoms with van der Waals surface area (Å²) in [6, 6.07) is -1.53. The van der Waals surface area contributed by atoms with Gasteiger partial charge < -0.3 is 25.2 Å². The number of phosphoric ester groups is 1. The van der Waals surface area contributed by atoms with Gasteiger partial charge in [-0.1, -0.05) is 137 Å². The van der Waals surface area contributed by atoms with E-state index in [-0.39, 0.29) is 19.4 Å². The number of carboxylic acids is 1. The van der Waals surface area contributed by atoms with Crippen LogP contribution in [0.3, 0.4) is 0 Å². The molecule has 0 aromatic rings. The average Bonchev–Trinajstić information content (AvgIpc) is 3.20. The summed E-state index contributed by atoms with van der Waals surface area (Å²) in [6.07, 6.45) is 49.3. The fourth-order valence-electron chi connectivity index (χ4n) is 5.18. The van der Waals surface area contributed by atoms with Crippen molar-refractivity contribution < 1.29 is 47.5 Å². The van der Waals surface area contributed by atoms with Crippen molar-refractivity contribution in [2.24, 2.45) is 5.73 Å². The Kier molecular flexibility index (Phi) is 38.1. The molecule has 0 fully saturated rings. The van der Waals surface area contributed by atoms with Crippen LogP contribution in [-0.4, -0.2) is 59.9 Å². The minimum Gasteiger partial charge on any atom is -0.480 e. The van der Waals surface area contributed by atoms with Gasteiger partial charge in [0.1, 0.15) is 12.6 Å². The molecule has 0 amide bonds. The first-order valence-electron chi connectivity index (χ1n) is 21.6. The maximum atomic E-state index is 12.6. The smallest absolute Gasteiger partial charge is 0.472 e. The zero-order valence-corrected chi connectivity index (χ0v) is 36.5. The SMILES string of the molecule is CCC/C=C/C/C=C/C/C=C/C/C=C/CCCCCC(=O)OC[C@H](COP(=O)(O)OC[C@H](N)C(=O)O)OC(=O)CCCCCC/C=C/C/C=C/C/C=C/CCCCC. The first-order chi connectivity index (χ1) is 28.1. The Labute approximate surface area is 350 Å². The molecule has 11 nitrogen and oxygen atoms in total. The highest BCUT2D eigenvalue weighted by atomic mass is 31.2. The molecule has 58 heavy (non-hydrogen) atoms. The molecule has 0 spiro atoms. The van der Waals surface area contributed by atoms with E-state index in [0.29, 0.717) is 12.8 Å². The van der Waals surface area contributed by atoms with E-state index in [1.165, 1.54) is 25.7 Å². The number of aliphatic carboxylic acids is 1. The van der Waals surface area contributed by atoms with Crippen LogP contribution in [0.1, 0.15) is 155 Å². The van der Waals surface area contributed by atoms with Crippen LogP contribution < -0.4 is 5.73 Å². The fourth-order valence-corrected chi connectivity index (χ4v) is 5.96. The number of carbonyl (C=O) groups excluding carboxylic acids is 2. The van der Waals surface area contributed by atoms with E-state index in [0.717, 1.165) is 89.9 Å². The van der Waals surface area contributed by atoms with Crippen molar-refractivity contribution >= 4 is 25.7 Å². The zero-order valence-electron chi connectivity index (χ0n) is 35.6. The summed E-state index contributed by atoms with van der Waals surface area (Å²) in [5.41, 5.74) is 5.33. The maximum absolute atomic E-state index is 12.6. The summed E-state index contributed by atoms with van der Waals surface area (Å²) in [4.78, 5) is 46.0. The van der Waals surface area contributed by atoms with Gasteiger partial charge in [-0.2, -0.15) is 0 Å². The highest BCUT2D eigenvalue weighted by Crippen LogP contribution is 2.43. The van der Waals surface area contributed by atoms with E-state index in [4.69, 9.17) is 24.8 Å². The van der Waals surface area contributed by atoms with Gasteiger partial charge in [-0.05, 0) is 89.9 Å². The van der Waals surface area contributed by atoms with Crippen LogP contribution in [0.5, 0.6) is 0 Å². The largest absolute Gasteiger partial charge is 0.480 e. The molecule has 0 aromatic carbocycles. The first-order valence-corrected chi connectivity index (χ1v) is 23.1. The predicted octanol–water partition coefficient (Wildman–Crippen LogP) is 11.5. The van der Waals surface area contributed by atoms with Crippen LogP contribution in [0.4, 0.5) is 0 Å². The van der Waals surface area contributed by atoms with Gasteiger partial charge in [0.15, 0.2) is 6.10 Å². The Morgan fingerprint density at radius 1 is 0.534 bits per heavy atom. The number of nitrogens with two attached hydrogens (primary N) is 1. The van der Waals surface area contributed by atoms with Crippen molar-refractivity contribution in [3.8, 4) is 0 Å². The van der Waals surface area contributed by atoms with Crippen molar-refractivity contribution in [3.63, 3.8) is 0 Å². The molecule has 0 saturated carbocycles. The number of phosphoric acid groups is 1. The van der Waals surface area contributed by atoms with Gasteiger partial charge in [-0.15, -0.1) is 0 Å². The highest BCUT2D eigenvalue weighted by molar-refractivity contribution is 7.47. The predicted molar refractivity (Wildman–Crippen MR) is 235 cm³/mol. The average molecular weight is 834 g/mol. The molecule has 0 aromatic heterocycles. The highest BCUT2D eigenvalue weighted by Gasteiger charge is 2.28. The van der Waals surface area contributed by atoms with Crippen molar-refractivity contribution in [1.29, 1.82) is 0 Å². The minimum absolute atomic E-state index is 0.123. The van der Waals surface area contributed by atoms with Crippen molar-refractivity contribution in [2.45, 2.75) is 167 Å². The molecule has 1 unspecified atom stereocenters. The van der Waals surface area contributed by atoms with Crippen LogP contribution in [0.25, 0.3) is 0 Å². The Hall–Kier alpha value is -3.34. The molecular formula is C46H76NO10P. The molecule has 3 atom stereocenters. The van der Waals surface area contributed by atoms with Crippen LogP contribution in [0, 0.1) is 0 Å². The van der Waals surface area contributed by atoms with Crippen molar-refractivity contribution in [1.82, 2.24) is 0 Å². The third-order valence-corrected chi connectivity index (χ3v) is 9.55. The van der Waals surface area contributed by atoms with Crippen LogP contribution in [0.2, 0.25) is 0 Å². The first kappa shape index (κ1) is 54.7. The van der Waals surface area contributed by atoms with Gasteiger partial charge in [-0.25, -0.2) is 4.57 Å². The second-order valence-corrected chi connectivity index (χ2v) is 15.6. The molecule has 12 heteroatoms. The second-order valence-electron chi connectivity index (χ2n) is 14.1. The second kappa shape index (κ2) is 40.4. The Morgan fingerprint density at radius 3 is 1.43 bits per heavy atom. The number of unbranched alkanes of at least 4 members (excludes halogenated alkanes) is 11. The van der Waals surface area contributed by atoms with E-state index in [2.05, 4.69) is 103 Å². The van der Waals surface area contributed by atoms with Gasteiger partial charge in [0.05, 0.1) is 13.2 Å². The third kappa shape index (κ3) is 39.5. The molecule has 0 aliphatic heterocycles. The van der Waals surface area contributed by atoms with E-state index >= 15 is 0 Å². The van der Waals surface area contributed by atoms with Crippen molar-refractivity contribution in [3.05, 3.63) is 85.1 Å². The molecule has 0 saturated heterocycles. The Balaban J connectivity index is 4.49. The number of allylic oxidation sites excluding steroid dienone is 14.